The predicted molar refractivity (Wildman–Crippen MR) is 121 cm³/mol. The summed E-state index contributed by atoms with van der Waals surface area (Å²) in [6, 6.07) is 5.23. The molecule has 182 valence electrons. The summed E-state index contributed by atoms with van der Waals surface area (Å²) >= 11 is 0.895. The normalized spacial score (nSPS) is 11.5. The molecule has 0 radical (unpaired) electrons. The Morgan fingerprint density at radius 3 is 2.65 bits per heavy atom. The molecule has 0 fully saturated rings. The van der Waals surface area contributed by atoms with Gasteiger partial charge in [-0.25, -0.2) is 9.78 Å². The molecule has 3 aromatic heterocycles. The highest BCUT2D eigenvalue weighted by atomic mass is 32.2. The number of halogens is 3. The highest BCUT2D eigenvalue weighted by Gasteiger charge is 2.31. The lowest BCUT2D eigenvalue weighted by atomic mass is 10.3. The lowest BCUT2D eigenvalue weighted by Gasteiger charge is -2.23. The zero-order valence-electron chi connectivity index (χ0n) is 18.1. The number of thioether (sulfide) groups is 1. The van der Waals surface area contributed by atoms with E-state index in [4.69, 9.17) is 10.2 Å². The topological polar surface area (TPSA) is 127 Å². The number of amides is 1. The van der Waals surface area contributed by atoms with Crippen LogP contribution in [0, 0.1) is 0 Å². The highest BCUT2D eigenvalue weighted by Crippen LogP contribution is 2.30. The highest BCUT2D eigenvalue weighted by molar-refractivity contribution is 7.99. The van der Waals surface area contributed by atoms with Gasteiger partial charge in [0.15, 0.2) is 5.69 Å². The van der Waals surface area contributed by atoms with Crippen LogP contribution in [0.2, 0.25) is 0 Å². The molecule has 0 atom stereocenters. The molecule has 9 nitrogen and oxygen atoms in total. The third-order valence-electron chi connectivity index (χ3n) is 4.82. The molecule has 3 heterocycles. The standard InChI is InChI=1S/C21H22F3N5O4S/c1-2-3-8-28-18(25)17(19(31)27-20(28)32)29(11-14-5-4-9-33-14)16(30)12-34-15-7-6-13(10-26-15)21(22,23)24/h4-7,9-10H,2-3,8,11-12,25H2,1H3,(H,27,31,32). The van der Waals surface area contributed by atoms with Crippen LogP contribution in [0.4, 0.5) is 24.7 Å². The first-order chi connectivity index (χ1) is 16.1. The van der Waals surface area contributed by atoms with Crippen molar-refractivity contribution in [1.29, 1.82) is 0 Å². The number of aromatic nitrogens is 3. The van der Waals surface area contributed by atoms with Gasteiger partial charge in [0.05, 0.1) is 29.2 Å². The number of hydrogen-bond donors (Lipinski definition) is 2. The van der Waals surface area contributed by atoms with E-state index in [0.29, 0.717) is 18.4 Å². The van der Waals surface area contributed by atoms with Crippen molar-refractivity contribution in [2.45, 2.75) is 44.1 Å². The SMILES string of the molecule is CCCCn1c(N)c(N(Cc2ccco2)C(=O)CSc2ccc(C(F)(F)F)cn2)c(=O)[nH]c1=O. The van der Waals surface area contributed by atoms with Crippen LogP contribution in [0.25, 0.3) is 0 Å². The molecule has 0 saturated heterocycles. The molecule has 1 amide bonds. The van der Waals surface area contributed by atoms with Gasteiger partial charge in [-0.3, -0.25) is 24.0 Å². The maximum atomic E-state index is 13.1. The first kappa shape index (κ1) is 25.1. The van der Waals surface area contributed by atoms with Crippen molar-refractivity contribution in [2.75, 3.05) is 16.4 Å². The molecule has 0 aliphatic rings. The van der Waals surface area contributed by atoms with Gasteiger partial charge in [-0.1, -0.05) is 25.1 Å². The minimum atomic E-state index is -4.52. The number of anilines is 2. The Hall–Kier alpha value is -3.48. The number of aromatic amines is 1. The number of H-pyrrole nitrogens is 1. The van der Waals surface area contributed by atoms with E-state index in [1.807, 2.05) is 6.92 Å². The first-order valence-electron chi connectivity index (χ1n) is 10.2. The molecule has 0 aliphatic heterocycles. The smallest absolute Gasteiger partial charge is 0.417 e. The molecule has 3 N–H and O–H groups in total. The van der Waals surface area contributed by atoms with E-state index in [1.54, 1.807) is 12.1 Å². The molecular weight excluding hydrogens is 475 g/mol. The average molecular weight is 497 g/mol. The average Bonchev–Trinajstić information content (AvgIpc) is 3.29. The van der Waals surface area contributed by atoms with Crippen molar-refractivity contribution in [3.05, 3.63) is 68.9 Å². The van der Waals surface area contributed by atoms with Gasteiger partial charge < -0.3 is 10.2 Å². The molecule has 3 rings (SSSR count). The Bertz CT molecular complexity index is 1240. The molecule has 3 aromatic rings. The Kier molecular flexibility index (Phi) is 7.87. The van der Waals surface area contributed by atoms with Crippen LogP contribution in [0.5, 0.6) is 0 Å². The lowest BCUT2D eigenvalue weighted by Crippen LogP contribution is -2.41. The summed E-state index contributed by atoms with van der Waals surface area (Å²) in [5.41, 5.74) is 3.51. The lowest BCUT2D eigenvalue weighted by molar-refractivity contribution is -0.137. The monoisotopic (exact) mass is 497 g/mol. The number of nitrogen functional groups attached to an aromatic ring is 1. The van der Waals surface area contributed by atoms with Crippen molar-refractivity contribution in [3.63, 3.8) is 0 Å². The molecular formula is C21H22F3N5O4S. The van der Waals surface area contributed by atoms with Crippen LogP contribution in [-0.2, 0) is 24.1 Å². The van der Waals surface area contributed by atoms with Crippen molar-refractivity contribution in [3.8, 4) is 0 Å². The second-order valence-electron chi connectivity index (χ2n) is 7.23. The largest absolute Gasteiger partial charge is 0.467 e. The van der Waals surface area contributed by atoms with E-state index in [1.165, 1.54) is 10.8 Å². The molecule has 0 spiro atoms. The number of carbonyl (C=O) groups is 1. The minimum Gasteiger partial charge on any atom is -0.467 e. The number of hydrogen-bond acceptors (Lipinski definition) is 7. The van der Waals surface area contributed by atoms with Crippen LogP contribution < -0.4 is 21.9 Å². The predicted octanol–water partition coefficient (Wildman–Crippen LogP) is 3.25. The number of carbonyl (C=O) groups excluding carboxylic acids is 1. The molecule has 34 heavy (non-hydrogen) atoms. The Morgan fingerprint density at radius 2 is 2.06 bits per heavy atom. The Balaban J connectivity index is 1.90. The van der Waals surface area contributed by atoms with Crippen LogP contribution in [-0.4, -0.2) is 26.2 Å². The second-order valence-corrected chi connectivity index (χ2v) is 8.22. The van der Waals surface area contributed by atoms with Gasteiger partial charge in [-0.05, 0) is 30.7 Å². The van der Waals surface area contributed by atoms with Crippen molar-refractivity contribution >= 4 is 29.2 Å². The maximum Gasteiger partial charge on any atom is 0.417 e. The summed E-state index contributed by atoms with van der Waals surface area (Å²) in [6.07, 6.45) is -1.05. The van der Waals surface area contributed by atoms with Gasteiger partial charge >= 0.3 is 11.9 Å². The number of nitrogens with one attached hydrogen (secondary N) is 1. The fourth-order valence-corrected chi connectivity index (χ4v) is 3.79. The number of alkyl halides is 3. The number of pyridine rings is 1. The summed E-state index contributed by atoms with van der Waals surface area (Å²) < 4.78 is 44.7. The van der Waals surface area contributed by atoms with Crippen molar-refractivity contribution in [2.24, 2.45) is 0 Å². The molecule has 0 bridgehead atoms. The molecule has 13 heteroatoms. The van der Waals surface area contributed by atoms with Gasteiger partial charge in [-0.2, -0.15) is 13.2 Å². The molecule has 0 saturated carbocycles. The quantitative estimate of drug-likeness (QED) is 0.435. The van der Waals surface area contributed by atoms with E-state index >= 15 is 0 Å². The second kappa shape index (κ2) is 10.6. The number of furan rings is 1. The maximum absolute atomic E-state index is 13.1. The molecule has 0 unspecified atom stereocenters. The van der Waals surface area contributed by atoms with Crippen LogP contribution in [0.3, 0.4) is 0 Å². The van der Waals surface area contributed by atoms with Gasteiger partial charge in [-0.15, -0.1) is 0 Å². The van der Waals surface area contributed by atoms with Crippen LogP contribution >= 0.6 is 11.8 Å². The van der Waals surface area contributed by atoms with Gasteiger partial charge in [0, 0.05) is 12.7 Å². The molecule has 0 aromatic carbocycles. The van der Waals surface area contributed by atoms with Crippen molar-refractivity contribution < 1.29 is 22.4 Å². The fourth-order valence-electron chi connectivity index (χ4n) is 3.07. The van der Waals surface area contributed by atoms with E-state index < -0.39 is 28.9 Å². The fraction of sp³-hybridized carbons (Fsp3) is 0.333. The molecule has 0 aliphatic carbocycles. The van der Waals surface area contributed by atoms with E-state index in [9.17, 15) is 27.6 Å². The van der Waals surface area contributed by atoms with Gasteiger partial charge in [0.2, 0.25) is 5.91 Å². The summed E-state index contributed by atoms with van der Waals surface area (Å²) in [5.74, 6) is -0.650. The third-order valence-corrected chi connectivity index (χ3v) is 5.75. The summed E-state index contributed by atoms with van der Waals surface area (Å²) in [5, 5.41) is 0.189. The summed E-state index contributed by atoms with van der Waals surface area (Å²) in [6.45, 7) is 2.02. The van der Waals surface area contributed by atoms with Gasteiger partial charge in [0.25, 0.3) is 5.56 Å². The minimum absolute atomic E-state index is 0.147. The van der Waals surface area contributed by atoms with E-state index in [2.05, 4.69) is 9.97 Å². The Labute approximate surface area is 195 Å². The third kappa shape index (κ3) is 5.90. The number of rotatable bonds is 9. The number of nitrogens with zero attached hydrogens (tertiary/aromatic N) is 3. The van der Waals surface area contributed by atoms with E-state index in [0.717, 1.165) is 35.2 Å². The Morgan fingerprint density at radius 1 is 1.29 bits per heavy atom. The van der Waals surface area contributed by atoms with E-state index in [-0.39, 0.29) is 35.4 Å². The summed E-state index contributed by atoms with van der Waals surface area (Å²) in [7, 11) is 0. The van der Waals surface area contributed by atoms with Crippen LogP contribution in [0.15, 0.2) is 55.8 Å². The number of unbranched alkanes of at least 4 members (excludes halogenated alkanes) is 1. The van der Waals surface area contributed by atoms with Gasteiger partial charge in [0.1, 0.15) is 11.6 Å². The van der Waals surface area contributed by atoms with Crippen LogP contribution in [0.1, 0.15) is 31.1 Å². The summed E-state index contributed by atoms with van der Waals surface area (Å²) in [4.78, 5) is 45.1. The number of nitrogens with two attached hydrogens (primary N) is 1. The first-order valence-corrected chi connectivity index (χ1v) is 11.2. The van der Waals surface area contributed by atoms with Crippen molar-refractivity contribution in [1.82, 2.24) is 14.5 Å². The zero-order valence-corrected chi connectivity index (χ0v) is 18.9. The zero-order chi connectivity index (χ0) is 24.9.